The van der Waals surface area contributed by atoms with Gasteiger partial charge in [0.25, 0.3) is 0 Å². The SMILES string of the molecule is CC(=O)Nc1ccc(CC(=O)Nc2ccc(S(=O)(=O)N3CCCC3)cc2)cc1. The smallest absolute Gasteiger partial charge is 0.243 e. The van der Waals surface area contributed by atoms with Gasteiger partial charge in [0.2, 0.25) is 21.8 Å². The maximum Gasteiger partial charge on any atom is 0.243 e. The molecule has 3 rings (SSSR count). The molecule has 1 saturated heterocycles. The van der Waals surface area contributed by atoms with Crippen LogP contribution in [0.15, 0.2) is 53.4 Å². The van der Waals surface area contributed by atoms with Gasteiger partial charge in [-0.15, -0.1) is 0 Å². The molecule has 2 amide bonds. The molecule has 0 spiro atoms. The van der Waals surface area contributed by atoms with Gasteiger partial charge >= 0.3 is 0 Å². The summed E-state index contributed by atoms with van der Waals surface area (Å²) < 4.78 is 26.5. The number of benzene rings is 2. The van der Waals surface area contributed by atoms with Crippen molar-refractivity contribution in [3.8, 4) is 0 Å². The molecule has 1 heterocycles. The number of carbonyl (C=O) groups is 2. The summed E-state index contributed by atoms with van der Waals surface area (Å²) >= 11 is 0. The van der Waals surface area contributed by atoms with E-state index in [2.05, 4.69) is 10.6 Å². The van der Waals surface area contributed by atoms with Crippen molar-refractivity contribution in [2.45, 2.75) is 31.1 Å². The molecular formula is C20H23N3O4S. The van der Waals surface area contributed by atoms with E-state index in [0.29, 0.717) is 24.5 Å². The van der Waals surface area contributed by atoms with E-state index in [1.807, 2.05) is 0 Å². The van der Waals surface area contributed by atoms with E-state index in [9.17, 15) is 18.0 Å². The van der Waals surface area contributed by atoms with Gasteiger partial charge in [-0.05, 0) is 54.8 Å². The molecule has 2 N–H and O–H groups in total. The standard InChI is InChI=1S/C20H23N3O4S/c1-15(24)21-17-6-4-16(5-7-17)14-20(25)22-18-8-10-19(11-9-18)28(26,27)23-12-2-3-13-23/h4-11H,2-3,12-14H2,1H3,(H,21,24)(H,22,25). The third-order valence-electron chi connectivity index (χ3n) is 4.48. The van der Waals surface area contributed by atoms with Gasteiger partial charge in [0.05, 0.1) is 11.3 Å². The van der Waals surface area contributed by atoms with Crippen LogP contribution in [0, 0.1) is 0 Å². The van der Waals surface area contributed by atoms with Crippen molar-refractivity contribution < 1.29 is 18.0 Å². The summed E-state index contributed by atoms with van der Waals surface area (Å²) in [5.74, 6) is -0.358. The molecule has 0 unspecified atom stereocenters. The van der Waals surface area contributed by atoms with Crippen LogP contribution in [0.2, 0.25) is 0 Å². The van der Waals surface area contributed by atoms with Crippen molar-refractivity contribution >= 4 is 33.2 Å². The second-order valence-corrected chi connectivity index (χ2v) is 8.68. The number of anilines is 2. The predicted molar refractivity (Wildman–Crippen MR) is 108 cm³/mol. The third kappa shape index (κ3) is 4.96. The Morgan fingerprint density at radius 2 is 1.43 bits per heavy atom. The second-order valence-electron chi connectivity index (χ2n) is 6.74. The first-order valence-electron chi connectivity index (χ1n) is 9.11. The molecule has 0 saturated carbocycles. The topological polar surface area (TPSA) is 95.6 Å². The monoisotopic (exact) mass is 401 g/mol. The van der Waals surface area contributed by atoms with Crippen molar-refractivity contribution in [2.24, 2.45) is 0 Å². The maximum atomic E-state index is 12.5. The van der Waals surface area contributed by atoms with Crippen molar-refractivity contribution in [1.29, 1.82) is 0 Å². The summed E-state index contributed by atoms with van der Waals surface area (Å²) in [6.07, 6.45) is 1.95. The van der Waals surface area contributed by atoms with Crippen LogP contribution in [0.25, 0.3) is 0 Å². The Kier molecular flexibility index (Phi) is 6.11. The van der Waals surface area contributed by atoms with Crippen molar-refractivity contribution in [3.63, 3.8) is 0 Å². The van der Waals surface area contributed by atoms with Crippen LogP contribution in [0.5, 0.6) is 0 Å². The van der Waals surface area contributed by atoms with Gasteiger partial charge in [-0.3, -0.25) is 9.59 Å². The maximum absolute atomic E-state index is 12.5. The molecule has 7 nitrogen and oxygen atoms in total. The Morgan fingerprint density at radius 3 is 2.00 bits per heavy atom. The number of amides is 2. The zero-order valence-corrected chi connectivity index (χ0v) is 16.5. The number of rotatable bonds is 6. The summed E-state index contributed by atoms with van der Waals surface area (Å²) in [5.41, 5.74) is 2.02. The Hall–Kier alpha value is -2.71. The molecule has 0 aromatic heterocycles. The van der Waals surface area contributed by atoms with Gasteiger partial charge in [0.15, 0.2) is 0 Å². The summed E-state index contributed by atoms with van der Waals surface area (Å²) in [7, 11) is -3.45. The highest BCUT2D eigenvalue weighted by molar-refractivity contribution is 7.89. The minimum absolute atomic E-state index is 0.152. The third-order valence-corrected chi connectivity index (χ3v) is 6.39. The summed E-state index contributed by atoms with van der Waals surface area (Å²) in [6, 6.07) is 13.3. The summed E-state index contributed by atoms with van der Waals surface area (Å²) in [5, 5.41) is 5.44. The number of hydrogen-bond donors (Lipinski definition) is 2. The quantitative estimate of drug-likeness (QED) is 0.778. The van der Waals surface area contributed by atoms with E-state index in [4.69, 9.17) is 0 Å². The van der Waals surface area contributed by atoms with Crippen LogP contribution in [0.3, 0.4) is 0 Å². The fourth-order valence-corrected chi connectivity index (χ4v) is 4.60. The van der Waals surface area contributed by atoms with Crippen LogP contribution in [0.4, 0.5) is 11.4 Å². The lowest BCUT2D eigenvalue weighted by atomic mass is 10.1. The van der Waals surface area contributed by atoms with Crippen LogP contribution < -0.4 is 10.6 Å². The first kappa shape index (κ1) is 20.0. The highest BCUT2D eigenvalue weighted by Gasteiger charge is 2.26. The molecule has 0 aliphatic carbocycles. The number of nitrogens with zero attached hydrogens (tertiary/aromatic N) is 1. The molecule has 0 atom stereocenters. The molecule has 2 aromatic carbocycles. The molecule has 148 valence electrons. The lowest BCUT2D eigenvalue weighted by Crippen LogP contribution is -2.27. The summed E-state index contributed by atoms with van der Waals surface area (Å²) in [6.45, 7) is 2.55. The normalized spacial score (nSPS) is 14.6. The van der Waals surface area contributed by atoms with E-state index in [1.54, 1.807) is 36.4 Å². The molecule has 28 heavy (non-hydrogen) atoms. The number of sulfonamides is 1. The Bertz CT molecular complexity index is 948. The molecule has 1 aliphatic rings. The zero-order chi connectivity index (χ0) is 20.1. The van der Waals surface area contributed by atoms with Crippen molar-refractivity contribution in [2.75, 3.05) is 23.7 Å². The van der Waals surface area contributed by atoms with Crippen molar-refractivity contribution in [3.05, 3.63) is 54.1 Å². The lowest BCUT2D eigenvalue weighted by Gasteiger charge is -2.15. The lowest BCUT2D eigenvalue weighted by molar-refractivity contribution is -0.116. The highest BCUT2D eigenvalue weighted by Crippen LogP contribution is 2.22. The fraction of sp³-hybridized carbons (Fsp3) is 0.300. The van der Waals surface area contributed by atoms with Gasteiger partial charge in [-0.1, -0.05) is 12.1 Å². The minimum Gasteiger partial charge on any atom is -0.326 e. The Labute approximate surface area is 164 Å². The molecule has 8 heteroatoms. The number of nitrogens with one attached hydrogen (secondary N) is 2. The van der Waals surface area contributed by atoms with Crippen LogP contribution in [-0.4, -0.2) is 37.6 Å². The molecule has 2 aromatic rings. The minimum atomic E-state index is -3.45. The first-order valence-corrected chi connectivity index (χ1v) is 10.6. The summed E-state index contributed by atoms with van der Waals surface area (Å²) in [4.78, 5) is 23.5. The Morgan fingerprint density at radius 1 is 0.893 bits per heavy atom. The van der Waals surface area contributed by atoms with Gasteiger partial charge < -0.3 is 10.6 Å². The van der Waals surface area contributed by atoms with Crippen LogP contribution >= 0.6 is 0 Å². The molecule has 1 aliphatic heterocycles. The fourth-order valence-electron chi connectivity index (χ4n) is 3.09. The molecule has 1 fully saturated rings. The Balaban J connectivity index is 1.59. The van der Waals surface area contributed by atoms with Crippen LogP contribution in [0.1, 0.15) is 25.3 Å². The highest BCUT2D eigenvalue weighted by atomic mass is 32.2. The van der Waals surface area contributed by atoms with Gasteiger partial charge in [-0.25, -0.2) is 8.42 Å². The van der Waals surface area contributed by atoms with E-state index in [1.165, 1.54) is 23.4 Å². The largest absolute Gasteiger partial charge is 0.326 e. The van der Waals surface area contributed by atoms with Gasteiger partial charge in [-0.2, -0.15) is 4.31 Å². The zero-order valence-electron chi connectivity index (χ0n) is 15.6. The molecule has 0 radical (unpaired) electrons. The van der Waals surface area contributed by atoms with Gasteiger partial charge in [0, 0.05) is 31.4 Å². The first-order chi connectivity index (χ1) is 13.3. The average Bonchev–Trinajstić information content (AvgIpc) is 3.19. The number of hydrogen-bond acceptors (Lipinski definition) is 4. The predicted octanol–water partition coefficient (Wildman–Crippen LogP) is 2.61. The van der Waals surface area contributed by atoms with Gasteiger partial charge in [0.1, 0.15) is 0 Å². The molecular weight excluding hydrogens is 378 g/mol. The van der Waals surface area contributed by atoms with Crippen molar-refractivity contribution in [1.82, 2.24) is 4.31 Å². The van der Waals surface area contributed by atoms with E-state index >= 15 is 0 Å². The van der Waals surface area contributed by atoms with E-state index < -0.39 is 10.0 Å². The number of carbonyl (C=O) groups excluding carboxylic acids is 2. The van der Waals surface area contributed by atoms with E-state index in [0.717, 1.165) is 18.4 Å². The second kappa shape index (κ2) is 8.53. The van der Waals surface area contributed by atoms with E-state index in [-0.39, 0.29) is 23.1 Å². The average molecular weight is 401 g/mol. The molecule has 0 bridgehead atoms. The van der Waals surface area contributed by atoms with Crippen LogP contribution in [-0.2, 0) is 26.0 Å².